The quantitative estimate of drug-likeness (QED) is 0.899. The number of nitrogens with one attached hydrogen (secondary N) is 2. The normalized spacial score (nSPS) is 11.2. The van der Waals surface area contributed by atoms with Crippen molar-refractivity contribution in [3.8, 4) is 0 Å². The third-order valence-corrected chi connectivity index (χ3v) is 2.80. The Bertz CT molecular complexity index is 600. The van der Waals surface area contributed by atoms with Gasteiger partial charge in [0.15, 0.2) is 0 Å². The molecule has 0 saturated carbocycles. The van der Waals surface area contributed by atoms with Crippen molar-refractivity contribution < 1.29 is 9.32 Å². The van der Waals surface area contributed by atoms with Gasteiger partial charge in [-0.1, -0.05) is 25.9 Å². The Kier molecular flexibility index (Phi) is 3.74. The molecule has 20 heavy (non-hydrogen) atoms. The molecule has 0 saturated heterocycles. The highest BCUT2D eigenvalue weighted by Gasteiger charge is 2.19. The molecule has 0 radical (unpaired) electrons. The zero-order valence-electron chi connectivity index (χ0n) is 12.0. The Morgan fingerprint density at radius 2 is 2.05 bits per heavy atom. The van der Waals surface area contributed by atoms with E-state index in [1.807, 2.05) is 0 Å². The van der Waals surface area contributed by atoms with Gasteiger partial charge in [0, 0.05) is 23.7 Å². The van der Waals surface area contributed by atoms with Crippen LogP contribution in [0.3, 0.4) is 0 Å². The molecule has 0 atom stereocenters. The zero-order chi connectivity index (χ0) is 14.8. The summed E-state index contributed by atoms with van der Waals surface area (Å²) in [4.78, 5) is 16.7. The van der Waals surface area contributed by atoms with Gasteiger partial charge in [-0.3, -0.25) is 4.79 Å². The summed E-state index contributed by atoms with van der Waals surface area (Å²) in [6, 6.07) is 3.50. The van der Waals surface area contributed by atoms with Gasteiger partial charge in [-0.2, -0.15) is 0 Å². The van der Waals surface area contributed by atoms with Crippen molar-refractivity contribution in [1.82, 2.24) is 10.1 Å². The van der Waals surface area contributed by atoms with Gasteiger partial charge in [0.1, 0.15) is 17.8 Å². The fourth-order valence-corrected chi connectivity index (χ4v) is 1.64. The lowest BCUT2D eigenvalue weighted by molar-refractivity contribution is 0.102. The lowest BCUT2D eigenvalue weighted by Gasteiger charge is -2.19. The fraction of sp³-hybridized carbons (Fsp3) is 0.357. The molecule has 2 heterocycles. The van der Waals surface area contributed by atoms with E-state index in [1.54, 1.807) is 19.2 Å². The van der Waals surface area contributed by atoms with Crippen LogP contribution in [0.1, 0.15) is 36.8 Å². The highest BCUT2D eigenvalue weighted by molar-refractivity contribution is 6.04. The predicted octanol–water partition coefficient (Wildman–Crippen LogP) is 2.66. The number of nitrogens with zero attached hydrogens (tertiary/aromatic N) is 2. The van der Waals surface area contributed by atoms with E-state index >= 15 is 0 Å². The van der Waals surface area contributed by atoms with Crippen LogP contribution < -0.4 is 10.6 Å². The van der Waals surface area contributed by atoms with Crippen molar-refractivity contribution in [2.45, 2.75) is 26.2 Å². The molecule has 0 fully saturated rings. The number of hydrogen-bond acceptors (Lipinski definition) is 5. The first-order valence-electron chi connectivity index (χ1n) is 6.31. The Hall–Kier alpha value is -2.37. The van der Waals surface area contributed by atoms with Crippen LogP contribution in [0.15, 0.2) is 29.1 Å². The number of carbonyl (C=O) groups is 1. The highest BCUT2D eigenvalue weighted by atomic mass is 16.5. The minimum Gasteiger partial charge on any atom is -0.373 e. The maximum atomic E-state index is 12.2. The van der Waals surface area contributed by atoms with Gasteiger partial charge in [-0.05, 0) is 12.1 Å². The second-order valence-electron chi connectivity index (χ2n) is 5.49. The van der Waals surface area contributed by atoms with E-state index in [0.717, 1.165) is 5.69 Å². The van der Waals surface area contributed by atoms with Crippen LogP contribution in [0.25, 0.3) is 0 Å². The van der Waals surface area contributed by atoms with Crippen LogP contribution in [0.2, 0.25) is 0 Å². The molecule has 2 aromatic heterocycles. The number of pyridine rings is 1. The summed E-state index contributed by atoms with van der Waals surface area (Å²) < 4.78 is 4.68. The summed E-state index contributed by atoms with van der Waals surface area (Å²) in [5, 5.41) is 9.23. The van der Waals surface area contributed by atoms with Crippen molar-refractivity contribution in [3.63, 3.8) is 0 Å². The standard InChI is InChI=1S/C14H18N4O2/c1-14(2,3)11-5-9(6-12(15-4)18-11)13(19)17-10-7-16-20-8-10/h5-8H,1-4H3,(H,15,18)(H,17,19). The number of amides is 1. The molecule has 0 aromatic carbocycles. The third-order valence-electron chi connectivity index (χ3n) is 2.80. The lowest BCUT2D eigenvalue weighted by Crippen LogP contribution is -2.18. The van der Waals surface area contributed by atoms with Crippen molar-refractivity contribution in [1.29, 1.82) is 0 Å². The number of anilines is 2. The Labute approximate surface area is 117 Å². The minimum atomic E-state index is -0.224. The smallest absolute Gasteiger partial charge is 0.255 e. The molecule has 2 aromatic rings. The predicted molar refractivity (Wildman–Crippen MR) is 76.9 cm³/mol. The number of carbonyl (C=O) groups excluding carboxylic acids is 1. The number of rotatable bonds is 3. The molecule has 0 bridgehead atoms. The maximum Gasteiger partial charge on any atom is 0.255 e. The minimum absolute atomic E-state index is 0.140. The molecule has 0 aliphatic rings. The van der Waals surface area contributed by atoms with Crippen LogP contribution in [0, 0.1) is 0 Å². The summed E-state index contributed by atoms with van der Waals surface area (Å²) >= 11 is 0. The van der Waals surface area contributed by atoms with E-state index in [1.165, 1.54) is 12.5 Å². The lowest BCUT2D eigenvalue weighted by atomic mass is 9.90. The summed E-state index contributed by atoms with van der Waals surface area (Å²) in [5.74, 6) is 0.436. The van der Waals surface area contributed by atoms with Crippen LogP contribution in [0.4, 0.5) is 11.5 Å². The van der Waals surface area contributed by atoms with E-state index in [4.69, 9.17) is 0 Å². The van der Waals surface area contributed by atoms with Crippen LogP contribution in [0.5, 0.6) is 0 Å². The van der Waals surface area contributed by atoms with Crippen molar-refractivity contribution in [3.05, 3.63) is 35.9 Å². The van der Waals surface area contributed by atoms with Gasteiger partial charge >= 0.3 is 0 Å². The zero-order valence-corrected chi connectivity index (χ0v) is 12.0. The van der Waals surface area contributed by atoms with E-state index in [2.05, 4.69) is 46.1 Å². The first-order chi connectivity index (χ1) is 9.40. The van der Waals surface area contributed by atoms with E-state index in [-0.39, 0.29) is 11.3 Å². The second-order valence-corrected chi connectivity index (χ2v) is 5.49. The summed E-state index contributed by atoms with van der Waals surface area (Å²) in [5.41, 5.74) is 1.77. The summed E-state index contributed by atoms with van der Waals surface area (Å²) in [6.45, 7) is 6.16. The molecule has 106 valence electrons. The second kappa shape index (κ2) is 5.32. The summed E-state index contributed by atoms with van der Waals surface area (Å²) in [7, 11) is 1.77. The molecular formula is C14H18N4O2. The molecule has 6 nitrogen and oxygen atoms in total. The molecule has 2 rings (SSSR count). The van der Waals surface area contributed by atoms with Crippen molar-refractivity contribution >= 4 is 17.4 Å². The summed E-state index contributed by atoms with van der Waals surface area (Å²) in [6.07, 6.45) is 2.82. The van der Waals surface area contributed by atoms with Gasteiger partial charge in [0.2, 0.25) is 0 Å². The first kappa shape index (κ1) is 14.0. The van der Waals surface area contributed by atoms with Gasteiger partial charge in [-0.25, -0.2) is 4.98 Å². The number of aromatic nitrogens is 2. The molecule has 0 aliphatic heterocycles. The highest BCUT2D eigenvalue weighted by Crippen LogP contribution is 2.23. The van der Waals surface area contributed by atoms with Crippen LogP contribution in [-0.4, -0.2) is 23.1 Å². The molecule has 0 spiro atoms. The maximum absolute atomic E-state index is 12.2. The Balaban J connectivity index is 2.33. The fourth-order valence-electron chi connectivity index (χ4n) is 1.64. The first-order valence-corrected chi connectivity index (χ1v) is 6.31. The molecule has 6 heteroatoms. The average molecular weight is 274 g/mol. The Morgan fingerprint density at radius 1 is 1.30 bits per heavy atom. The van der Waals surface area contributed by atoms with Crippen molar-refractivity contribution in [2.24, 2.45) is 0 Å². The van der Waals surface area contributed by atoms with Crippen LogP contribution in [-0.2, 0) is 5.41 Å². The third kappa shape index (κ3) is 3.14. The average Bonchev–Trinajstić information content (AvgIpc) is 2.90. The monoisotopic (exact) mass is 274 g/mol. The topological polar surface area (TPSA) is 80.0 Å². The molecule has 0 unspecified atom stereocenters. The van der Waals surface area contributed by atoms with E-state index in [9.17, 15) is 4.79 Å². The molecule has 0 aliphatic carbocycles. The molecule has 2 N–H and O–H groups in total. The number of hydrogen-bond donors (Lipinski definition) is 2. The molecule has 1 amide bonds. The Morgan fingerprint density at radius 3 is 2.60 bits per heavy atom. The van der Waals surface area contributed by atoms with Crippen LogP contribution >= 0.6 is 0 Å². The van der Waals surface area contributed by atoms with Gasteiger partial charge < -0.3 is 15.2 Å². The molecular weight excluding hydrogens is 256 g/mol. The SMILES string of the molecule is CNc1cc(C(=O)Nc2cnoc2)cc(C(C)(C)C)n1. The van der Waals surface area contributed by atoms with Crippen molar-refractivity contribution in [2.75, 3.05) is 17.7 Å². The van der Waals surface area contributed by atoms with Gasteiger partial charge in [0.25, 0.3) is 5.91 Å². The van der Waals surface area contributed by atoms with E-state index < -0.39 is 0 Å². The van der Waals surface area contributed by atoms with Gasteiger partial charge in [-0.15, -0.1) is 0 Å². The van der Waals surface area contributed by atoms with E-state index in [0.29, 0.717) is 17.1 Å². The van der Waals surface area contributed by atoms with Gasteiger partial charge in [0.05, 0.1) is 6.20 Å². The largest absolute Gasteiger partial charge is 0.373 e.